The van der Waals surface area contributed by atoms with Crippen LogP contribution in [0.25, 0.3) is 10.9 Å². The van der Waals surface area contributed by atoms with Crippen LogP contribution >= 0.6 is 0 Å². The minimum absolute atomic E-state index is 0.165. The van der Waals surface area contributed by atoms with E-state index in [1.54, 1.807) is 25.1 Å². The Bertz CT molecular complexity index is 1040. The van der Waals surface area contributed by atoms with E-state index >= 15 is 0 Å². The fraction of sp³-hybridized carbons (Fsp3) is 0.238. The van der Waals surface area contributed by atoms with Crippen molar-refractivity contribution in [3.63, 3.8) is 0 Å². The van der Waals surface area contributed by atoms with Crippen molar-refractivity contribution in [2.75, 3.05) is 21.3 Å². The number of carbonyl (C=O) groups excluding carboxylic acids is 1. The van der Waals surface area contributed by atoms with Gasteiger partial charge in [0.2, 0.25) is 5.75 Å². The van der Waals surface area contributed by atoms with Crippen molar-refractivity contribution in [1.29, 1.82) is 0 Å². The second-order valence-corrected chi connectivity index (χ2v) is 6.21. The molecule has 7 heteroatoms. The van der Waals surface area contributed by atoms with Crippen LogP contribution < -0.4 is 14.2 Å². The Balaban J connectivity index is 2.22. The number of hydrogen-bond acceptors (Lipinski definition) is 5. The Morgan fingerprint density at radius 3 is 2.14 bits per heavy atom. The molecule has 2 aromatic carbocycles. The van der Waals surface area contributed by atoms with Crippen LogP contribution in [0.4, 0.5) is 0 Å². The smallest absolute Gasteiger partial charge is 0.307 e. The van der Waals surface area contributed by atoms with Gasteiger partial charge in [-0.1, -0.05) is 18.2 Å². The topological polar surface area (TPSA) is 87.0 Å². The molecule has 0 radical (unpaired) electrons. The van der Waals surface area contributed by atoms with Gasteiger partial charge in [-0.15, -0.1) is 0 Å². The number of aliphatic carboxylic acids is 1. The number of nitrogens with zero attached hydrogens (tertiary/aromatic N) is 1. The Morgan fingerprint density at radius 1 is 1.00 bits per heavy atom. The van der Waals surface area contributed by atoms with E-state index in [0.717, 1.165) is 5.39 Å². The lowest BCUT2D eigenvalue weighted by Crippen LogP contribution is -2.15. The van der Waals surface area contributed by atoms with Crippen LogP contribution in [-0.2, 0) is 11.2 Å². The fourth-order valence-corrected chi connectivity index (χ4v) is 3.40. The minimum Gasteiger partial charge on any atom is -0.493 e. The first kappa shape index (κ1) is 19.3. The number of carboxylic acid groups (broad SMARTS) is 1. The van der Waals surface area contributed by atoms with Gasteiger partial charge in [0.05, 0.1) is 33.3 Å². The van der Waals surface area contributed by atoms with Crippen LogP contribution in [0.2, 0.25) is 0 Å². The van der Waals surface area contributed by atoms with E-state index in [0.29, 0.717) is 39.6 Å². The van der Waals surface area contributed by atoms with E-state index < -0.39 is 5.97 Å². The molecular weight excluding hydrogens is 362 g/mol. The Labute approximate surface area is 162 Å². The zero-order chi connectivity index (χ0) is 20.4. The maximum atomic E-state index is 13.4. The number of ether oxygens (including phenoxy) is 3. The van der Waals surface area contributed by atoms with Crippen LogP contribution in [0.15, 0.2) is 36.4 Å². The van der Waals surface area contributed by atoms with Gasteiger partial charge in [0.1, 0.15) is 0 Å². The molecule has 0 aliphatic carbocycles. The number of benzene rings is 2. The number of carbonyl (C=O) groups is 2. The van der Waals surface area contributed by atoms with E-state index in [4.69, 9.17) is 14.2 Å². The van der Waals surface area contributed by atoms with Crippen molar-refractivity contribution < 1.29 is 28.9 Å². The summed E-state index contributed by atoms with van der Waals surface area (Å²) in [5.41, 5.74) is 2.18. The van der Waals surface area contributed by atoms with Crippen LogP contribution in [0.5, 0.6) is 17.2 Å². The van der Waals surface area contributed by atoms with Gasteiger partial charge in [0.25, 0.3) is 5.91 Å². The summed E-state index contributed by atoms with van der Waals surface area (Å²) in [6.07, 6.45) is -0.165. The molecule has 0 aliphatic rings. The Kier molecular flexibility index (Phi) is 5.26. The molecule has 0 fully saturated rings. The van der Waals surface area contributed by atoms with Crippen LogP contribution in [0, 0.1) is 6.92 Å². The number of methoxy groups -OCH3 is 3. The van der Waals surface area contributed by atoms with Gasteiger partial charge >= 0.3 is 5.97 Å². The van der Waals surface area contributed by atoms with Gasteiger partial charge in [-0.05, 0) is 30.7 Å². The second-order valence-electron chi connectivity index (χ2n) is 6.21. The zero-order valence-corrected chi connectivity index (χ0v) is 16.1. The first-order valence-electron chi connectivity index (χ1n) is 8.58. The van der Waals surface area contributed by atoms with E-state index in [9.17, 15) is 14.7 Å². The summed E-state index contributed by atoms with van der Waals surface area (Å²) in [5.74, 6) is -0.145. The largest absolute Gasteiger partial charge is 0.493 e. The lowest BCUT2D eigenvalue weighted by Gasteiger charge is -2.14. The molecule has 7 nitrogen and oxygen atoms in total. The molecule has 0 bridgehead atoms. The molecule has 0 spiro atoms. The minimum atomic E-state index is -0.953. The molecule has 28 heavy (non-hydrogen) atoms. The number of aromatic nitrogens is 1. The molecule has 3 aromatic rings. The van der Waals surface area contributed by atoms with Gasteiger partial charge < -0.3 is 19.3 Å². The summed E-state index contributed by atoms with van der Waals surface area (Å²) in [5, 5.41) is 10.0. The fourth-order valence-electron chi connectivity index (χ4n) is 3.40. The van der Waals surface area contributed by atoms with Crippen molar-refractivity contribution in [3.05, 3.63) is 53.2 Å². The summed E-state index contributed by atoms with van der Waals surface area (Å²) < 4.78 is 17.5. The number of fused-ring (bicyclic) bond motifs is 1. The molecule has 0 aliphatic heterocycles. The summed E-state index contributed by atoms with van der Waals surface area (Å²) in [4.78, 5) is 24.7. The Hall–Kier alpha value is -3.48. The lowest BCUT2D eigenvalue weighted by atomic mass is 10.1. The highest BCUT2D eigenvalue weighted by atomic mass is 16.5. The van der Waals surface area contributed by atoms with Gasteiger partial charge in [-0.25, -0.2) is 0 Å². The van der Waals surface area contributed by atoms with E-state index in [1.807, 2.05) is 18.2 Å². The predicted octanol–water partition coefficient (Wildman–Crippen LogP) is 3.29. The van der Waals surface area contributed by atoms with Gasteiger partial charge in [-0.3, -0.25) is 14.2 Å². The second kappa shape index (κ2) is 7.64. The molecule has 3 rings (SSSR count). The number of hydrogen-bond donors (Lipinski definition) is 1. The van der Waals surface area contributed by atoms with Gasteiger partial charge in [0.15, 0.2) is 11.5 Å². The molecular formula is C21H21NO6. The normalized spacial score (nSPS) is 10.7. The number of carboxylic acids is 1. The third-order valence-electron chi connectivity index (χ3n) is 4.68. The SMILES string of the molecule is COc1cc(C(=O)n2c(C)c(CC(=O)O)c3ccccc32)cc(OC)c1OC. The quantitative estimate of drug-likeness (QED) is 0.703. The number of para-hydroxylation sites is 1. The number of rotatable bonds is 6. The molecule has 0 unspecified atom stereocenters. The average molecular weight is 383 g/mol. The summed E-state index contributed by atoms with van der Waals surface area (Å²) in [7, 11) is 4.45. The summed E-state index contributed by atoms with van der Waals surface area (Å²) in [6, 6.07) is 10.4. The van der Waals surface area contributed by atoms with E-state index in [2.05, 4.69) is 0 Å². The molecule has 1 N–H and O–H groups in total. The van der Waals surface area contributed by atoms with Crippen molar-refractivity contribution >= 4 is 22.8 Å². The third-order valence-corrected chi connectivity index (χ3v) is 4.68. The van der Waals surface area contributed by atoms with Crippen LogP contribution in [0.1, 0.15) is 21.6 Å². The highest BCUT2D eigenvalue weighted by Crippen LogP contribution is 2.39. The molecule has 0 saturated heterocycles. The van der Waals surface area contributed by atoms with Crippen LogP contribution in [0.3, 0.4) is 0 Å². The van der Waals surface area contributed by atoms with Crippen molar-refractivity contribution in [1.82, 2.24) is 4.57 Å². The Morgan fingerprint density at radius 2 is 1.61 bits per heavy atom. The van der Waals surface area contributed by atoms with Crippen molar-refractivity contribution in [2.45, 2.75) is 13.3 Å². The molecule has 0 atom stereocenters. The van der Waals surface area contributed by atoms with E-state index in [1.165, 1.54) is 25.9 Å². The monoisotopic (exact) mass is 383 g/mol. The van der Waals surface area contributed by atoms with Crippen molar-refractivity contribution in [3.8, 4) is 17.2 Å². The standard InChI is InChI=1S/C21H21NO6/c1-12-15(11-19(23)24)14-7-5-6-8-16(14)22(12)21(25)13-9-17(26-2)20(28-4)18(10-13)27-3/h5-10H,11H2,1-4H3,(H,23,24). The third kappa shape index (κ3) is 3.15. The maximum absolute atomic E-state index is 13.4. The average Bonchev–Trinajstić information content (AvgIpc) is 2.97. The maximum Gasteiger partial charge on any atom is 0.307 e. The van der Waals surface area contributed by atoms with Gasteiger partial charge in [-0.2, -0.15) is 0 Å². The predicted molar refractivity (Wildman–Crippen MR) is 104 cm³/mol. The molecule has 1 aromatic heterocycles. The molecule has 146 valence electrons. The van der Waals surface area contributed by atoms with E-state index in [-0.39, 0.29) is 12.3 Å². The first-order chi connectivity index (χ1) is 13.4. The summed E-state index contributed by atoms with van der Waals surface area (Å²) in [6.45, 7) is 1.74. The van der Waals surface area contributed by atoms with Gasteiger partial charge in [0, 0.05) is 16.6 Å². The molecule has 0 amide bonds. The highest BCUT2D eigenvalue weighted by Gasteiger charge is 2.23. The molecule has 1 heterocycles. The van der Waals surface area contributed by atoms with Crippen LogP contribution in [-0.4, -0.2) is 42.9 Å². The molecule has 0 saturated carbocycles. The summed E-state index contributed by atoms with van der Waals surface area (Å²) >= 11 is 0. The highest BCUT2D eigenvalue weighted by molar-refractivity contribution is 6.05. The zero-order valence-electron chi connectivity index (χ0n) is 16.1. The lowest BCUT2D eigenvalue weighted by molar-refractivity contribution is -0.136. The van der Waals surface area contributed by atoms with Crippen molar-refractivity contribution in [2.24, 2.45) is 0 Å². The first-order valence-corrected chi connectivity index (χ1v) is 8.58.